The minimum absolute atomic E-state index is 0.0109. The number of amides is 2. The minimum atomic E-state index is -4.66. The molecule has 212 valence electrons. The van der Waals surface area contributed by atoms with Crippen LogP contribution in [0.2, 0.25) is 0 Å². The first-order valence-electron chi connectivity index (χ1n) is 14.7. The van der Waals surface area contributed by atoms with Crippen molar-refractivity contribution >= 4 is 11.8 Å². The first-order valence-corrected chi connectivity index (χ1v) is 13.2. The van der Waals surface area contributed by atoms with Crippen LogP contribution in [0.15, 0.2) is 24.3 Å². The van der Waals surface area contributed by atoms with Gasteiger partial charge in [0, 0.05) is 44.7 Å². The van der Waals surface area contributed by atoms with Gasteiger partial charge < -0.3 is 15.4 Å². The zero-order valence-electron chi connectivity index (χ0n) is 24.8. The molecule has 12 heteroatoms. The molecule has 2 aromatic rings. The van der Waals surface area contributed by atoms with Gasteiger partial charge in [0.25, 0.3) is 0 Å². The van der Waals surface area contributed by atoms with Crippen LogP contribution < -0.4 is 10.5 Å². The van der Waals surface area contributed by atoms with E-state index in [4.69, 9.17) is 14.6 Å². The molecule has 0 unspecified atom stereocenters. The maximum absolute atomic E-state index is 13.9. The van der Waals surface area contributed by atoms with Gasteiger partial charge in [-0.05, 0) is 49.4 Å². The zero-order chi connectivity index (χ0) is 30.4. The van der Waals surface area contributed by atoms with Gasteiger partial charge >= 0.3 is 6.18 Å². The highest BCUT2D eigenvalue weighted by Gasteiger charge is 2.44. The number of aromatic nitrogens is 2. The van der Waals surface area contributed by atoms with Crippen molar-refractivity contribution in [1.82, 2.24) is 24.5 Å². The number of hydrogen-bond acceptors (Lipinski definition) is 6. The van der Waals surface area contributed by atoms with Gasteiger partial charge in [-0.15, -0.1) is 0 Å². The number of ether oxygens (including phenoxy) is 1. The second-order valence-corrected chi connectivity index (χ2v) is 10.6. The van der Waals surface area contributed by atoms with E-state index in [0.717, 1.165) is 23.6 Å². The molecule has 1 aromatic carbocycles. The standard InChI is InChI=1S/C27H35F3N6O3/c1-17-19(4-3-5-22(17)39-2)26-21(34-12-10-33(11-13-34)15-24(31)37)8-9-35(26)25(38)16-36-23(27(28,29)30)14-20(32-36)18-6-7-18/h3-5,14,18,21,26H,6-13,15-16H2,1-2H3,(H2,31,37)/t21-,26-/m1/s1/i2D3. The van der Waals surface area contributed by atoms with Crippen LogP contribution in [0.25, 0.3) is 0 Å². The molecule has 1 saturated carbocycles. The summed E-state index contributed by atoms with van der Waals surface area (Å²) in [6.07, 6.45) is -2.54. The number of rotatable bonds is 8. The van der Waals surface area contributed by atoms with Crippen LogP contribution >= 0.6 is 0 Å². The Hall–Kier alpha value is -3.12. The monoisotopic (exact) mass is 551 g/mol. The maximum Gasteiger partial charge on any atom is 0.433 e. The number of nitrogens with two attached hydrogens (primary N) is 1. The summed E-state index contributed by atoms with van der Waals surface area (Å²) in [6.45, 7) is 3.98. The lowest BCUT2D eigenvalue weighted by atomic mass is 9.93. The van der Waals surface area contributed by atoms with Crippen molar-refractivity contribution in [3.8, 4) is 5.75 Å². The molecule has 5 rings (SSSR count). The molecular formula is C27H35F3N6O3. The third kappa shape index (κ3) is 5.76. The Morgan fingerprint density at radius 3 is 2.51 bits per heavy atom. The number of piperazine rings is 1. The molecule has 3 heterocycles. The zero-order valence-corrected chi connectivity index (χ0v) is 21.8. The van der Waals surface area contributed by atoms with Crippen molar-refractivity contribution < 1.29 is 31.6 Å². The Kier molecular flexibility index (Phi) is 6.58. The maximum atomic E-state index is 13.9. The second-order valence-electron chi connectivity index (χ2n) is 10.6. The van der Waals surface area contributed by atoms with Gasteiger partial charge in [0.2, 0.25) is 11.8 Å². The molecule has 2 N–H and O–H groups in total. The summed E-state index contributed by atoms with van der Waals surface area (Å²) >= 11 is 0. The van der Waals surface area contributed by atoms with Gasteiger partial charge in [0.1, 0.15) is 18.0 Å². The van der Waals surface area contributed by atoms with Gasteiger partial charge in [0.05, 0.1) is 29.4 Å². The van der Waals surface area contributed by atoms with Crippen molar-refractivity contribution in [3.63, 3.8) is 0 Å². The van der Waals surface area contributed by atoms with E-state index < -0.39 is 43.3 Å². The highest BCUT2D eigenvalue weighted by atomic mass is 19.4. The fourth-order valence-electron chi connectivity index (χ4n) is 5.93. The lowest BCUT2D eigenvalue weighted by molar-refractivity contribution is -0.146. The van der Waals surface area contributed by atoms with E-state index >= 15 is 0 Å². The fraction of sp³-hybridized carbons (Fsp3) is 0.593. The Morgan fingerprint density at radius 1 is 1.13 bits per heavy atom. The number of primary amides is 1. The van der Waals surface area contributed by atoms with Crippen molar-refractivity contribution in [2.45, 2.75) is 56.9 Å². The lowest BCUT2D eigenvalue weighted by Crippen LogP contribution is -2.53. The summed E-state index contributed by atoms with van der Waals surface area (Å²) in [4.78, 5) is 31.0. The van der Waals surface area contributed by atoms with Crippen molar-refractivity contribution in [3.05, 3.63) is 46.8 Å². The second kappa shape index (κ2) is 10.8. The SMILES string of the molecule is [2H]C([2H])([2H])Oc1cccc([C@@H]2[C@H](N3CCN(CC(N)=O)CC3)CCN2C(=O)Cn2nc(C3CC3)cc2C(F)(F)F)c1C. The highest BCUT2D eigenvalue weighted by molar-refractivity contribution is 5.77. The van der Waals surface area contributed by atoms with Gasteiger partial charge in [-0.2, -0.15) is 18.3 Å². The lowest BCUT2D eigenvalue weighted by Gasteiger charge is -2.41. The third-order valence-electron chi connectivity index (χ3n) is 8.07. The molecule has 1 aliphatic carbocycles. The molecule has 39 heavy (non-hydrogen) atoms. The van der Waals surface area contributed by atoms with E-state index in [9.17, 15) is 22.8 Å². The van der Waals surface area contributed by atoms with Gasteiger partial charge in [-0.1, -0.05) is 12.1 Å². The molecule has 2 atom stereocenters. The van der Waals surface area contributed by atoms with Crippen LogP contribution in [0.1, 0.15) is 57.8 Å². The summed E-state index contributed by atoms with van der Waals surface area (Å²) in [5.74, 6) is -0.782. The summed E-state index contributed by atoms with van der Waals surface area (Å²) in [7, 11) is -2.68. The molecule has 2 amide bonds. The molecule has 0 radical (unpaired) electrons. The molecule has 9 nitrogen and oxygen atoms in total. The molecule has 0 bridgehead atoms. The number of carbonyl (C=O) groups excluding carboxylic acids is 2. The van der Waals surface area contributed by atoms with E-state index in [-0.39, 0.29) is 24.3 Å². The van der Waals surface area contributed by atoms with E-state index in [2.05, 4.69) is 10.00 Å². The van der Waals surface area contributed by atoms with Crippen LogP contribution in [-0.2, 0) is 22.3 Å². The Balaban J connectivity index is 1.45. The fourth-order valence-corrected chi connectivity index (χ4v) is 5.93. The molecule has 2 saturated heterocycles. The van der Waals surface area contributed by atoms with Gasteiger partial charge in [-0.25, -0.2) is 0 Å². The topological polar surface area (TPSA) is 96.9 Å². The average Bonchev–Trinajstić information content (AvgIpc) is 3.49. The Morgan fingerprint density at radius 2 is 1.87 bits per heavy atom. The van der Waals surface area contributed by atoms with Gasteiger partial charge in [0.15, 0.2) is 0 Å². The Bertz CT molecular complexity index is 1320. The van der Waals surface area contributed by atoms with Gasteiger partial charge in [-0.3, -0.25) is 24.1 Å². The van der Waals surface area contributed by atoms with Crippen LogP contribution in [0.5, 0.6) is 5.75 Å². The number of benzene rings is 1. The van der Waals surface area contributed by atoms with E-state index in [1.807, 2.05) is 4.90 Å². The number of carbonyl (C=O) groups is 2. The normalized spacial score (nSPS) is 24.3. The molecular weight excluding hydrogens is 513 g/mol. The summed E-state index contributed by atoms with van der Waals surface area (Å²) in [5.41, 5.74) is 5.98. The summed E-state index contributed by atoms with van der Waals surface area (Å²) in [5, 5.41) is 4.17. The number of methoxy groups -OCH3 is 1. The summed E-state index contributed by atoms with van der Waals surface area (Å²) < 4.78 is 70.3. The average molecular weight is 552 g/mol. The van der Waals surface area contributed by atoms with E-state index in [0.29, 0.717) is 56.0 Å². The molecule has 1 aromatic heterocycles. The van der Waals surface area contributed by atoms with Crippen molar-refractivity contribution in [2.24, 2.45) is 5.73 Å². The van der Waals surface area contributed by atoms with Crippen molar-refractivity contribution in [1.29, 1.82) is 0 Å². The largest absolute Gasteiger partial charge is 0.496 e. The highest BCUT2D eigenvalue weighted by Crippen LogP contribution is 2.42. The first-order chi connectivity index (χ1) is 19.7. The number of nitrogens with zero attached hydrogens (tertiary/aromatic N) is 5. The van der Waals surface area contributed by atoms with E-state index in [1.54, 1.807) is 30.0 Å². The van der Waals surface area contributed by atoms with Crippen LogP contribution in [0.4, 0.5) is 13.2 Å². The van der Waals surface area contributed by atoms with Crippen LogP contribution in [0, 0.1) is 6.92 Å². The number of hydrogen-bond donors (Lipinski definition) is 1. The number of halogens is 3. The number of likely N-dealkylation sites (tertiary alicyclic amines) is 1. The minimum Gasteiger partial charge on any atom is -0.496 e. The predicted octanol–water partition coefficient (Wildman–Crippen LogP) is 2.54. The Labute approximate surface area is 229 Å². The quantitative estimate of drug-likeness (QED) is 0.542. The molecule has 3 fully saturated rings. The first kappa shape index (κ1) is 23.7. The van der Waals surface area contributed by atoms with Crippen molar-refractivity contribution in [2.75, 3.05) is 46.3 Å². The number of alkyl halides is 3. The predicted molar refractivity (Wildman–Crippen MR) is 137 cm³/mol. The molecule has 3 aliphatic rings. The van der Waals surface area contributed by atoms with E-state index in [1.165, 1.54) is 0 Å². The molecule has 2 aliphatic heterocycles. The molecule has 0 spiro atoms. The van der Waals surface area contributed by atoms with Crippen LogP contribution in [-0.4, -0.2) is 88.6 Å². The summed E-state index contributed by atoms with van der Waals surface area (Å²) in [6, 6.07) is 5.29. The third-order valence-corrected chi connectivity index (χ3v) is 8.07. The smallest absolute Gasteiger partial charge is 0.433 e. The van der Waals surface area contributed by atoms with Crippen LogP contribution in [0.3, 0.4) is 0 Å².